The van der Waals surface area contributed by atoms with E-state index < -0.39 is 65.1 Å². The monoisotopic (exact) mass is 538 g/mol. The van der Waals surface area contributed by atoms with E-state index in [0.29, 0.717) is 6.42 Å². The molecular weight excluding hydrogens is 510 g/mol. The molecule has 1 aliphatic carbocycles. The highest BCUT2D eigenvalue weighted by Gasteiger charge is 2.64. The van der Waals surface area contributed by atoms with Crippen LogP contribution in [0.2, 0.25) is 0 Å². The molecule has 194 valence electrons. The van der Waals surface area contributed by atoms with E-state index in [2.05, 4.69) is 4.72 Å². The van der Waals surface area contributed by atoms with Gasteiger partial charge in [-0.3, -0.25) is 0 Å². The average Bonchev–Trinajstić information content (AvgIpc) is 2.84. The Bertz CT molecular complexity index is 1440. The molecule has 2 fully saturated rings. The number of halogens is 2. The fourth-order valence-electron chi connectivity index (χ4n) is 6.19. The SMILES string of the molecule is C.CC[C@@H]1C[C@@H]2[C@@H](CC[C@@]3(S(=O)(=O)c4ccc(C#N)cc4)c4c(F)ccc(F)c4OC[C@@H]23)NS1(=O)=O. The number of fused-ring (bicyclic) bond motifs is 5. The van der Waals surface area contributed by atoms with Crippen LogP contribution in [0.25, 0.3) is 0 Å². The maximum absolute atomic E-state index is 15.5. The second-order valence-corrected chi connectivity index (χ2v) is 13.6. The molecule has 1 saturated heterocycles. The van der Waals surface area contributed by atoms with E-state index >= 15 is 4.39 Å². The van der Waals surface area contributed by atoms with Gasteiger partial charge in [-0.1, -0.05) is 14.4 Å². The van der Waals surface area contributed by atoms with E-state index in [-0.39, 0.29) is 49.3 Å². The van der Waals surface area contributed by atoms with Gasteiger partial charge < -0.3 is 4.74 Å². The van der Waals surface area contributed by atoms with E-state index in [1.807, 2.05) is 6.07 Å². The molecule has 5 atom stereocenters. The first-order chi connectivity index (χ1) is 16.6. The van der Waals surface area contributed by atoms with Gasteiger partial charge in [0.2, 0.25) is 10.0 Å². The van der Waals surface area contributed by atoms with Crippen LogP contribution in [0.1, 0.15) is 51.2 Å². The van der Waals surface area contributed by atoms with Crippen molar-refractivity contribution >= 4 is 19.9 Å². The predicted molar refractivity (Wildman–Crippen MR) is 129 cm³/mol. The Morgan fingerprint density at radius 2 is 1.83 bits per heavy atom. The van der Waals surface area contributed by atoms with Gasteiger partial charge in [0.05, 0.1) is 33.9 Å². The summed E-state index contributed by atoms with van der Waals surface area (Å²) < 4.78 is 90.9. The molecule has 7 nitrogen and oxygen atoms in total. The molecule has 1 saturated carbocycles. The van der Waals surface area contributed by atoms with E-state index in [9.17, 15) is 21.2 Å². The highest BCUT2D eigenvalue weighted by atomic mass is 32.2. The minimum absolute atomic E-state index is 0. The lowest BCUT2D eigenvalue weighted by Gasteiger charge is -2.54. The zero-order valence-corrected chi connectivity index (χ0v) is 20.5. The Morgan fingerprint density at radius 3 is 2.47 bits per heavy atom. The van der Waals surface area contributed by atoms with Gasteiger partial charge in [0.1, 0.15) is 10.6 Å². The van der Waals surface area contributed by atoms with Crippen LogP contribution in [0.4, 0.5) is 8.78 Å². The Labute approximate surface area is 210 Å². The highest BCUT2D eigenvalue weighted by molar-refractivity contribution is 7.92. The van der Waals surface area contributed by atoms with Gasteiger partial charge in [-0.2, -0.15) is 5.26 Å². The Kier molecular flexibility index (Phi) is 6.69. The highest BCUT2D eigenvalue weighted by Crippen LogP contribution is 2.59. The number of sulfonamides is 1. The molecule has 2 heterocycles. The lowest BCUT2D eigenvalue weighted by atomic mass is 9.64. The van der Waals surface area contributed by atoms with Crippen molar-refractivity contribution in [3.63, 3.8) is 0 Å². The minimum atomic E-state index is -4.34. The zero-order valence-electron chi connectivity index (χ0n) is 18.9. The van der Waals surface area contributed by atoms with Gasteiger partial charge in [-0.05, 0) is 68.0 Å². The molecule has 0 amide bonds. The van der Waals surface area contributed by atoms with Crippen molar-refractivity contribution in [1.29, 1.82) is 5.26 Å². The molecule has 36 heavy (non-hydrogen) atoms. The molecule has 2 aliphatic heterocycles. The van der Waals surface area contributed by atoms with Gasteiger partial charge in [-0.25, -0.2) is 30.3 Å². The van der Waals surface area contributed by atoms with Gasteiger partial charge >= 0.3 is 0 Å². The molecule has 5 rings (SSSR count). The molecule has 2 aromatic rings. The predicted octanol–water partition coefficient (Wildman–Crippen LogP) is 4.03. The van der Waals surface area contributed by atoms with Crippen LogP contribution in [-0.2, 0) is 24.6 Å². The van der Waals surface area contributed by atoms with Crippen LogP contribution in [0.5, 0.6) is 5.75 Å². The topological polar surface area (TPSA) is 113 Å². The number of benzene rings is 2. The molecule has 0 radical (unpaired) electrons. The molecule has 1 N–H and O–H groups in total. The summed E-state index contributed by atoms with van der Waals surface area (Å²) in [6, 6.07) is 8.56. The summed E-state index contributed by atoms with van der Waals surface area (Å²) in [6.45, 7) is 1.55. The van der Waals surface area contributed by atoms with Crippen LogP contribution >= 0.6 is 0 Å². The summed E-state index contributed by atoms with van der Waals surface area (Å²) in [5.74, 6) is -3.43. The van der Waals surface area contributed by atoms with Gasteiger partial charge in [0.25, 0.3) is 0 Å². The fourth-order valence-corrected chi connectivity index (χ4v) is 10.4. The van der Waals surface area contributed by atoms with Crippen LogP contribution in [0, 0.1) is 34.8 Å². The van der Waals surface area contributed by atoms with Gasteiger partial charge in [0, 0.05) is 12.0 Å². The van der Waals surface area contributed by atoms with Crippen LogP contribution in [0.3, 0.4) is 0 Å². The molecule has 3 aliphatic rings. The molecule has 2 aromatic carbocycles. The zero-order chi connectivity index (χ0) is 25.2. The molecule has 0 spiro atoms. The maximum Gasteiger partial charge on any atom is 0.214 e. The number of hydrogen-bond donors (Lipinski definition) is 1. The molecule has 0 unspecified atom stereocenters. The van der Waals surface area contributed by atoms with Crippen LogP contribution < -0.4 is 9.46 Å². The molecule has 0 bridgehead atoms. The van der Waals surface area contributed by atoms with Crippen molar-refractivity contribution in [2.24, 2.45) is 11.8 Å². The summed E-state index contributed by atoms with van der Waals surface area (Å²) in [5.41, 5.74) is -0.0724. The van der Waals surface area contributed by atoms with Crippen LogP contribution in [0.15, 0.2) is 41.3 Å². The first kappa shape index (κ1) is 26.5. The number of hydrogen-bond acceptors (Lipinski definition) is 6. The van der Waals surface area contributed by atoms with Crippen LogP contribution in [-0.4, -0.2) is 34.7 Å². The van der Waals surface area contributed by atoms with Crippen molar-refractivity contribution in [1.82, 2.24) is 4.72 Å². The third kappa shape index (κ3) is 3.64. The van der Waals surface area contributed by atoms with E-state index in [1.165, 1.54) is 24.3 Å². The van der Waals surface area contributed by atoms with E-state index in [1.54, 1.807) is 6.92 Å². The van der Waals surface area contributed by atoms with Crippen molar-refractivity contribution in [2.45, 2.75) is 61.0 Å². The minimum Gasteiger partial charge on any atom is -0.490 e. The first-order valence-electron chi connectivity index (χ1n) is 11.4. The number of sulfone groups is 1. The summed E-state index contributed by atoms with van der Waals surface area (Å²) in [7, 11) is -7.92. The van der Waals surface area contributed by atoms with Crippen molar-refractivity contribution in [2.75, 3.05) is 6.61 Å². The molecule has 0 aromatic heterocycles. The van der Waals surface area contributed by atoms with Gasteiger partial charge in [-0.15, -0.1) is 0 Å². The molecular formula is C25H28F2N2O5S2. The van der Waals surface area contributed by atoms with Crippen molar-refractivity contribution < 1.29 is 30.4 Å². The third-order valence-electron chi connectivity index (χ3n) is 7.87. The summed E-state index contributed by atoms with van der Waals surface area (Å²) in [4.78, 5) is -0.111. The number of rotatable bonds is 3. The van der Waals surface area contributed by atoms with Crippen molar-refractivity contribution in [3.8, 4) is 11.8 Å². The lowest BCUT2D eigenvalue weighted by Crippen LogP contribution is -2.63. The Balaban J connectivity index is 0.00000304. The Morgan fingerprint density at radius 1 is 1.17 bits per heavy atom. The smallest absolute Gasteiger partial charge is 0.214 e. The third-order valence-corrected chi connectivity index (χ3v) is 12.5. The number of nitrogens with one attached hydrogen (secondary N) is 1. The van der Waals surface area contributed by atoms with E-state index in [4.69, 9.17) is 10.00 Å². The lowest BCUT2D eigenvalue weighted by molar-refractivity contribution is 0.0491. The normalized spacial score (nSPS) is 30.4. The quantitative estimate of drug-likeness (QED) is 0.631. The molecule has 11 heteroatoms. The number of ether oxygens (including phenoxy) is 1. The Hall–Kier alpha value is -2.55. The van der Waals surface area contributed by atoms with Gasteiger partial charge in [0.15, 0.2) is 21.4 Å². The average molecular weight is 539 g/mol. The first-order valence-corrected chi connectivity index (χ1v) is 14.5. The summed E-state index contributed by atoms with van der Waals surface area (Å²) in [6.07, 6.45) is 0.557. The largest absolute Gasteiger partial charge is 0.490 e. The summed E-state index contributed by atoms with van der Waals surface area (Å²) in [5, 5.41) is 8.39. The van der Waals surface area contributed by atoms with Crippen molar-refractivity contribution in [3.05, 3.63) is 59.2 Å². The second kappa shape index (κ2) is 9.08. The number of nitriles is 1. The maximum atomic E-state index is 15.5. The summed E-state index contributed by atoms with van der Waals surface area (Å²) >= 11 is 0. The fraction of sp³-hybridized carbons (Fsp3) is 0.480. The second-order valence-electron chi connectivity index (χ2n) is 9.42. The standard InChI is InChI=1S/C24H24F2N2O5S2.CH4/c1-2-15-11-17-18-13-33-23-20(26)8-7-19(25)22(23)24(18,10-9-21(17)28-35(15,31)32)34(29,30)16-5-3-14(12-27)4-6-16;/h3-8,15,17-18,21,28H,2,9-11,13H2,1H3;1H4/t15-,17+,18+,21-,24+;/m1./s1. The number of nitrogens with zero attached hydrogens (tertiary/aromatic N) is 1. The van der Waals surface area contributed by atoms with E-state index in [0.717, 1.165) is 12.1 Å².